The topological polar surface area (TPSA) is 82.0 Å². The summed E-state index contributed by atoms with van der Waals surface area (Å²) < 4.78 is 0. The first-order valence-electron chi connectivity index (χ1n) is 8.82. The van der Waals surface area contributed by atoms with Crippen molar-refractivity contribution < 1.29 is 4.79 Å². The first-order chi connectivity index (χ1) is 12.6. The lowest BCUT2D eigenvalue weighted by Gasteiger charge is -2.38. The van der Waals surface area contributed by atoms with Gasteiger partial charge in [-0.3, -0.25) is 9.78 Å². The Morgan fingerprint density at radius 2 is 1.65 bits per heavy atom. The molecule has 4 N–H and O–H groups in total. The lowest BCUT2D eigenvalue weighted by molar-refractivity contribution is 0.1000. The summed E-state index contributed by atoms with van der Waals surface area (Å²) in [6.07, 6.45) is 4.79. The molecule has 0 aliphatic heterocycles. The standard InChI is InChI=1S/C22H21N3O/c23-21(26)17-13-19(15-5-2-1-3-6-15)20(25-14-17)16-7-9-18(10-8-16)22(24)11-4-12-22/h1-3,5-10,13-14H,4,11-12,24H2,(H2,23,26). The number of nitrogens with two attached hydrogens (primary N) is 2. The van der Waals surface area contributed by atoms with Gasteiger partial charge in [0.2, 0.25) is 5.91 Å². The third kappa shape index (κ3) is 2.89. The van der Waals surface area contributed by atoms with Crippen LogP contribution in [0.15, 0.2) is 66.9 Å². The van der Waals surface area contributed by atoms with E-state index in [9.17, 15) is 4.79 Å². The molecule has 0 saturated heterocycles. The van der Waals surface area contributed by atoms with Crippen molar-refractivity contribution in [2.24, 2.45) is 11.5 Å². The number of carbonyl (C=O) groups is 1. The summed E-state index contributed by atoms with van der Waals surface area (Å²) in [6, 6.07) is 20.0. The lowest BCUT2D eigenvalue weighted by atomic mass is 9.72. The molecular weight excluding hydrogens is 322 g/mol. The van der Waals surface area contributed by atoms with Crippen LogP contribution < -0.4 is 11.5 Å². The van der Waals surface area contributed by atoms with E-state index in [0.29, 0.717) is 5.56 Å². The lowest BCUT2D eigenvalue weighted by Crippen LogP contribution is -2.43. The summed E-state index contributed by atoms with van der Waals surface area (Å²) >= 11 is 0. The highest BCUT2D eigenvalue weighted by molar-refractivity contribution is 5.95. The van der Waals surface area contributed by atoms with Crippen LogP contribution in [0, 0.1) is 0 Å². The molecule has 1 aliphatic rings. The molecule has 0 bridgehead atoms. The first-order valence-corrected chi connectivity index (χ1v) is 8.82. The minimum absolute atomic E-state index is 0.177. The van der Waals surface area contributed by atoms with Crippen molar-refractivity contribution in [3.8, 4) is 22.4 Å². The molecule has 2 aromatic carbocycles. The molecule has 4 nitrogen and oxygen atoms in total. The molecule has 0 unspecified atom stereocenters. The summed E-state index contributed by atoms with van der Waals surface area (Å²) in [5, 5.41) is 0. The molecule has 0 spiro atoms. The zero-order valence-corrected chi connectivity index (χ0v) is 14.5. The predicted octanol–water partition coefficient (Wildman–Crippen LogP) is 3.85. The van der Waals surface area contributed by atoms with Gasteiger partial charge in [0.15, 0.2) is 0 Å². The molecule has 1 aliphatic carbocycles. The average Bonchev–Trinajstić information content (AvgIpc) is 2.66. The molecule has 0 radical (unpaired) electrons. The van der Waals surface area contributed by atoms with Gasteiger partial charge < -0.3 is 11.5 Å². The van der Waals surface area contributed by atoms with Crippen LogP contribution in [0.3, 0.4) is 0 Å². The number of primary amides is 1. The Morgan fingerprint density at radius 1 is 0.962 bits per heavy atom. The van der Waals surface area contributed by atoms with Gasteiger partial charge in [0.25, 0.3) is 0 Å². The van der Waals surface area contributed by atoms with Gasteiger partial charge in [-0.1, -0.05) is 54.6 Å². The van der Waals surface area contributed by atoms with Crippen molar-refractivity contribution in [2.75, 3.05) is 0 Å². The van der Waals surface area contributed by atoms with Gasteiger partial charge in [0.05, 0.1) is 11.3 Å². The first kappa shape index (κ1) is 16.5. The van der Waals surface area contributed by atoms with Gasteiger partial charge in [-0.05, 0) is 36.5 Å². The molecule has 130 valence electrons. The maximum absolute atomic E-state index is 11.6. The minimum atomic E-state index is -0.480. The van der Waals surface area contributed by atoms with E-state index in [1.54, 1.807) is 0 Å². The van der Waals surface area contributed by atoms with E-state index in [2.05, 4.69) is 29.2 Å². The highest BCUT2D eigenvalue weighted by atomic mass is 16.1. The molecule has 4 heteroatoms. The number of nitrogens with zero attached hydrogens (tertiary/aromatic N) is 1. The van der Waals surface area contributed by atoms with Crippen LogP contribution in [0.4, 0.5) is 0 Å². The summed E-state index contributed by atoms with van der Waals surface area (Å²) in [7, 11) is 0. The Morgan fingerprint density at radius 3 is 2.23 bits per heavy atom. The Bertz CT molecular complexity index is 945. The van der Waals surface area contributed by atoms with Gasteiger partial charge in [-0.25, -0.2) is 0 Å². The summed E-state index contributed by atoms with van der Waals surface area (Å²) in [4.78, 5) is 16.1. The number of benzene rings is 2. The van der Waals surface area contributed by atoms with Crippen LogP contribution in [0.25, 0.3) is 22.4 Å². The third-order valence-corrected chi connectivity index (χ3v) is 5.24. The molecule has 1 amide bonds. The maximum Gasteiger partial charge on any atom is 0.250 e. The van der Waals surface area contributed by atoms with Crippen molar-refractivity contribution in [3.05, 3.63) is 78.0 Å². The second-order valence-electron chi connectivity index (χ2n) is 6.94. The van der Waals surface area contributed by atoms with Crippen molar-refractivity contribution in [1.29, 1.82) is 0 Å². The molecule has 1 fully saturated rings. The molecule has 1 aromatic heterocycles. The monoisotopic (exact) mass is 343 g/mol. The second kappa shape index (κ2) is 6.39. The summed E-state index contributed by atoms with van der Waals surface area (Å²) in [5.74, 6) is -0.480. The molecular formula is C22H21N3O. The number of rotatable bonds is 4. The third-order valence-electron chi connectivity index (χ3n) is 5.24. The van der Waals surface area contributed by atoms with E-state index in [-0.39, 0.29) is 5.54 Å². The van der Waals surface area contributed by atoms with Gasteiger partial charge in [-0.2, -0.15) is 0 Å². The number of hydrogen-bond acceptors (Lipinski definition) is 3. The minimum Gasteiger partial charge on any atom is -0.366 e. The zero-order valence-electron chi connectivity index (χ0n) is 14.5. The highest BCUT2D eigenvalue weighted by Crippen LogP contribution is 2.39. The van der Waals surface area contributed by atoms with Gasteiger partial charge in [0.1, 0.15) is 0 Å². The summed E-state index contributed by atoms with van der Waals surface area (Å²) in [5.41, 5.74) is 17.0. The van der Waals surface area contributed by atoms with Crippen molar-refractivity contribution >= 4 is 5.91 Å². The highest BCUT2D eigenvalue weighted by Gasteiger charge is 2.34. The average molecular weight is 343 g/mol. The quantitative estimate of drug-likeness (QED) is 0.755. The van der Waals surface area contributed by atoms with E-state index < -0.39 is 5.91 Å². The number of aromatic nitrogens is 1. The van der Waals surface area contributed by atoms with E-state index in [0.717, 1.165) is 35.2 Å². The Labute approximate surface area is 152 Å². The molecule has 1 heterocycles. The van der Waals surface area contributed by atoms with E-state index >= 15 is 0 Å². The predicted molar refractivity (Wildman–Crippen MR) is 103 cm³/mol. The van der Waals surface area contributed by atoms with Crippen LogP contribution in [-0.4, -0.2) is 10.9 Å². The number of hydrogen-bond donors (Lipinski definition) is 2. The second-order valence-corrected chi connectivity index (χ2v) is 6.94. The zero-order chi connectivity index (χ0) is 18.1. The van der Waals surface area contributed by atoms with Crippen LogP contribution >= 0.6 is 0 Å². The fraction of sp³-hybridized carbons (Fsp3) is 0.182. The fourth-order valence-electron chi connectivity index (χ4n) is 3.47. The van der Waals surface area contributed by atoms with Crippen molar-refractivity contribution in [3.63, 3.8) is 0 Å². The van der Waals surface area contributed by atoms with Crippen LogP contribution in [0.2, 0.25) is 0 Å². The number of pyridine rings is 1. The molecule has 4 rings (SSSR count). The Hall–Kier alpha value is -2.98. The SMILES string of the molecule is NC(=O)c1cnc(-c2ccc(C3(N)CCC3)cc2)c(-c2ccccc2)c1. The maximum atomic E-state index is 11.6. The smallest absolute Gasteiger partial charge is 0.250 e. The molecule has 1 saturated carbocycles. The number of amides is 1. The van der Waals surface area contributed by atoms with E-state index in [4.69, 9.17) is 11.5 Å². The van der Waals surface area contributed by atoms with Crippen molar-refractivity contribution in [2.45, 2.75) is 24.8 Å². The Kier molecular flexibility index (Phi) is 4.05. The van der Waals surface area contributed by atoms with E-state index in [1.165, 1.54) is 18.2 Å². The van der Waals surface area contributed by atoms with Crippen molar-refractivity contribution in [1.82, 2.24) is 4.98 Å². The van der Waals surface area contributed by atoms with Gasteiger partial charge in [0, 0.05) is 22.9 Å². The van der Waals surface area contributed by atoms with Gasteiger partial charge in [-0.15, -0.1) is 0 Å². The fourth-order valence-corrected chi connectivity index (χ4v) is 3.47. The summed E-state index contributed by atoms with van der Waals surface area (Å²) in [6.45, 7) is 0. The largest absolute Gasteiger partial charge is 0.366 e. The molecule has 3 aromatic rings. The Balaban J connectivity index is 1.79. The van der Waals surface area contributed by atoms with E-state index in [1.807, 2.05) is 36.4 Å². The molecule has 0 atom stereocenters. The van der Waals surface area contributed by atoms with Crippen LogP contribution in [-0.2, 0) is 5.54 Å². The van der Waals surface area contributed by atoms with Crippen LogP contribution in [0.5, 0.6) is 0 Å². The number of carbonyl (C=O) groups excluding carboxylic acids is 1. The van der Waals surface area contributed by atoms with Crippen LogP contribution in [0.1, 0.15) is 35.2 Å². The molecule has 26 heavy (non-hydrogen) atoms. The van der Waals surface area contributed by atoms with Gasteiger partial charge >= 0.3 is 0 Å². The normalized spacial score (nSPS) is 15.3.